The standard InChI is InChI=1S/C10H12N2O2S/c13-9-3-4-12(10(14)6-11-9)7-8-2-1-5-15-8/h1-2,5H,3-4,6-7H2,(H,11,13). The highest BCUT2D eigenvalue weighted by Gasteiger charge is 2.19. The summed E-state index contributed by atoms with van der Waals surface area (Å²) in [5.74, 6) is -0.0497. The normalized spacial score (nSPS) is 17.5. The van der Waals surface area contributed by atoms with Crippen LogP contribution in [-0.4, -0.2) is 29.8 Å². The topological polar surface area (TPSA) is 49.4 Å². The first kappa shape index (κ1) is 10.2. The Kier molecular flexibility index (Phi) is 3.01. The zero-order valence-corrected chi connectivity index (χ0v) is 9.05. The summed E-state index contributed by atoms with van der Waals surface area (Å²) in [6.45, 7) is 1.26. The Morgan fingerprint density at radius 3 is 3.07 bits per heavy atom. The van der Waals surface area contributed by atoms with Gasteiger partial charge in [-0.15, -0.1) is 11.3 Å². The van der Waals surface area contributed by atoms with E-state index < -0.39 is 0 Å². The monoisotopic (exact) mass is 224 g/mol. The second-order valence-electron chi connectivity index (χ2n) is 3.42. The van der Waals surface area contributed by atoms with Gasteiger partial charge in [0, 0.05) is 17.8 Å². The van der Waals surface area contributed by atoms with Gasteiger partial charge in [-0.25, -0.2) is 0 Å². The molecule has 1 fully saturated rings. The van der Waals surface area contributed by atoms with Gasteiger partial charge in [-0.05, 0) is 11.4 Å². The zero-order valence-electron chi connectivity index (χ0n) is 8.23. The van der Waals surface area contributed by atoms with Gasteiger partial charge >= 0.3 is 0 Å². The van der Waals surface area contributed by atoms with Gasteiger partial charge in [-0.3, -0.25) is 9.59 Å². The van der Waals surface area contributed by atoms with Crippen molar-refractivity contribution in [1.29, 1.82) is 0 Å². The van der Waals surface area contributed by atoms with Crippen molar-refractivity contribution in [2.75, 3.05) is 13.1 Å². The highest BCUT2D eigenvalue weighted by Crippen LogP contribution is 2.12. The van der Waals surface area contributed by atoms with Crippen molar-refractivity contribution < 1.29 is 9.59 Å². The van der Waals surface area contributed by atoms with E-state index in [9.17, 15) is 9.59 Å². The van der Waals surface area contributed by atoms with E-state index >= 15 is 0 Å². The Morgan fingerprint density at radius 1 is 1.47 bits per heavy atom. The number of amides is 2. The molecule has 2 amide bonds. The molecule has 0 unspecified atom stereocenters. The van der Waals surface area contributed by atoms with Crippen LogP contribution in [0.15, 0.2) is 17.5 Å². The van der Waals surface area contributed by atoms with Crippen molar-refractivity contribution in [3.63, 3.8) is 0 Å². The van der Waals surface area contributed by atoms with Crippen LogP contribution in [0.2, 0.25) is 0 Å². The van der Waals surface area contributed by atoms with E-state index in [0.717, 1.165) is 4.88 Å². The molecule has 0 bridgehead atoms. The molecule has 5 heteroatoms. The quantitative estimate of drug-likeness (QED) is 0.799. The summed E-state index contributed by atoms with van der Waals surface area (Å²) in [5, 5.41) is 4.56. The maximum Gasteiger partial charge on any atom is 0.242 e. The summed E-state index contributed by atoms with van der Waals surface area (Å²) in [7, 11) is 0. The Hall–Kier alpha value is -1.36. The first-order valence-corrected chi connectivity index (χ1v) is 5.70. The Balaban J connectivity index is 2.01. The van der Waals surface area contributed by atoms with E-state index in [-0.39, 0.29) is 18.4 Å². The number of nitrogens with zero attached hydrogens (tertiary/aromatic N) is 1. The average molecular weight is 224 g/mol. The maximum atomic E-state index is 11.6. The molecular formula is C10H12N2O2S. The van der Waals surface area contributed by atoms with Crippen molar-refractivity contribution in [2.45, 2.75) is 13.0 Å². The fourth-order valence-corrected chi connectivity index (χ4v) is 2.21. The molecule has 2 heterocycles. The van der Waals surface area contributed by atoms with Gasteiger partial charge in [0.1, 0.15) is 0 Å². The van der Waals surface area contributed by atoms with Gasteiger partial charge in [0.2, 0.25) is 11.8 Å². The third-order valence-corrected chi connectivity index (χ3v) is 3.19. The van der Waals surface area contributed by atoms with Gasteiger partial charge in [0.25, 0.3) is 0 Å². The molecule has 80 valence electrons. The predicted octanol–water partition coefficient (Wildman–Crippen LogP) is 0.597. The molecule has 2 rings (SSSR count). The Labute approximate surface area is 91.9 Å². The molecule has 0 atom stereocenters. The fourth-order valence-electron chi connectivity index (χ4n) is 1.49. The van der Waals surface area contributed by atoms with Crippen LogP contribution >= 0.6 is 11.3 Å². The van der Waals surface area contributed by atoms with Gasteiger partial charge in [-0.2, -0.15) is 0 Å². The van der Waals surface area contributed by atoms with E-state index in [0.29, 0.717) is 19.5 Å². The molecule has 0 aliphatic carbocycles. The lowest BCUT2D eigenvalue weighted by molar-refractivity contribution is -0.130. The molecule has 1 saturated heterocycles. The SMILES string of the molecule is O=C1CCN(Cc2cccs2)C(=O)CN1. The van der Waals surface area contributed by atoms with E-state index in [1.165, 1.54) is 0 Å². The summed E-state index contributed by atoms with van der Waals surface area (Å²) in [5.41, 5.74) is 0. The minimum absolute atomic E-state index is 0.00532. The average Bonchev–Trinajstić information content (AvgIpc) is 2.67. The number of hydrogen-bond acceptors (Lipinski definition) is 3. The highest BCUT2D eigenvalue weighted by atomic mass is 32.1. The number of nitrogens with one attached hydrogen (secondary N) is 1. The molecule has 0 spiro atoms. The molecule has 1 aliphatic heterocycles. The third-order valence-electron chi connectivity index (χ3n) is 2.33. The molecule has 0 radical (unpaired) electrons. The summed E-state index contributed by atoms with van der Waals surface area (Å²) in [6.07, 6.45) is 0.400. The predicted molar refractivity (Wildman–Crippen MR) is 57.4 cm³/mol. The molecule has 0 saturated carbocycles. The molecule has 1 aromatic heterocycles. The molecule has 1 aliphatic rings. The van der Waals surface area contributed by atoms with Gasteiger partial charge < -0.3 is 10.2 Å². The Morgan fingerprint density at radius 2 is 2.33 bits per heavy atom. The molecule has 4 nitrogen and oxygen atoms in total. The Bertz CT molecular complexity index is 362. The van der Waals surface area contributed by atoms with Gasteiger partial charge in [-0.1, -0.05) is 6.07 Å². The van der Waals surface area contributed by atoms with Gasteiger partial charge in [0.05, 0.1) is 13.1 Å². The number of hydrogen-bond donors (Lipinski definition) is 1. The first-order chi connectivity index (χ1) is 7.25. The molecule has 0 aromatic carbocycles. The van der Waals surface area contributed by atoms with Crippen LogP contribution in [0.3, 0.4) is 0 Å². The third kappa shape index (κ3) is 2.56. The maximum absolute atomic E-state index is 11.6. The smallest absolute Gasteiger partial charge is 0.242 e. The summed E-state index contributed by atoms with van der Waals surface area (Å²) >= 11 is 1.63. The zero-order chi connectivity index (χ0) is 10.7. The fraction of sp³-hybridized carbons (Fsp3) is 0.400. The summed E-state index contributed by atoms with van der Waals surface area (Å²) in [4.78, 5) is 25.6. The number of thiophene rings is 1. The van der Waals surface area contributed by atoms with Crippen molar-refractivity contribution in [3.8, 4) is 0 Å². The van der Waals surface area contributed by atoms with E-state index in [1.54, 1.807) is 16.2 Å². The largest absolute Gasteiger partial charge is 0.347 e. The second-order valence-corrected chi connectivity index (χ2v) is 4.45. The highest BCUT2D eigenvalue weighted by molar-refractivity contribution is 7.09. The second kappa shape index (κ2) is 4.44. The van der Waals surface area contributed by atoms with Crippen LogP contribution in [0.25, 0.3) is 0 Å². The van der Waals surface area contributed by atoms with Crippen molar-refractivity contribution in [1.82, 2.24) is 10.2 Å². The van der Waals surface area contributed by atoms with Crippen molar-refractivity contribution in [2.24, 2.45) is 0 Å². The van der Waals surface area contributed by atoms with Gasteiger partial charge in [0.15, 0.2) is 0 Å². The molecule has 15 heavy (non-hydrogen) atoms. The van der Waals surface area contributed by atoms with Crippen molar-refractivity contribution >= 4 is 23.2 Å². The number of rotatable bonds is 2. The van der Waals surface area contributed by atoms with E-state index in [2.05, 4.69) is 5.32 Å². The number of carbonyl (C=O) groups is 2. The first-order valence-electron chi connectivity index (χ1n) is 4.82. The summed E-state index contributed by atoms with van der Waals surface area (Å²) < 4.78 is 0. The molecular weight excluding hydrogens is 212 g/mol. The molecule has 1 N–H and O–H groups in total. The van der Waals surface area contributed by atoms with Crippen LogP contribution in [0.4, 0.5) is 0 Å². The molecule has 1 aromatic rings. The summed E-state index contributed by atoms with van der Waals surface area (Å²) in [6, 6.07) is 3.96. The van der Waals surface area contributed by atoms with Crippen molar-refractivity contribution in [3.05, 3.63) is 22.4 Å². The lowest BCUT2D eigenvalue weighted by atomic mass is 10.3. The lowest BCUT2D eigenvalue weighted by Gasteiger charge is -2.18. The van der Waals surface area contributed by atoms with Crippen LogP contribution < -0.4 is 5.32 Å². The van der Waals surface area contributed by atoms with Crippen LogP contribution in [-0.2, 0) is 16.1 Å². The van der Waals surface area contributed by atoms with Crippen LogP contribution in [0.1, 0.15) is 11.3 Å². The minimum Gasteiger partial charge on any atom is -0.347 e. The van der Waals surface area contributed by atoms with Crippen LogP contribution in [0.5, 0.6) is 0 Å². The lowest BCUT2D eigenvalue weighted by Crippen LogP contribution is -2.34. The number of carbonyl (C=O) groups excluding carboxylic acids is 2. The minimum atomic E-state index is -0.0444. The van der Waals surface area contributed by atoms with E-state index in [1.807, 2.05) is 17.5 Å². The van der Waals surface area contributed by atoms with Crippen LogP contribution in [0, 0.1) is 0 Å². The van der Waals surface area contributed by atoms with E-state index in [4.69, 9.17) is 0 Å².